The van der Waals surface area contributed by atoms with Crippen molar-refractivity contribution in [3.8, 4) is 0 Å². The van der Waals surface area contributed by atoms with Gasteiger partial charge < -0.3 is 5.32 Å². The number of benzene rings is 3. The lowest BCUT2D eigenvalue weighted by molar-refractivity contribution is 0.0977. The number of carbonyl (C=O) groups is 4. The van der Waals surface area contributed by atoms with E-state index in [1.807, 2.05) is 0 Å². The van der Waals surface area contributed by atoms with Crippen molar-refractivity contribution in [2.24, 2.45) is 4.99 Å². The van der Waals surface area contributed by atoms with Crippen molar-refractivity contribution in [3.63, 3.8) is 0 Å². The molecule has 0 amide bonds. The van der Waals surface area contributed by atoms with Crippen molar-refractivity contribution in [2.75, 3.05) is 5.32 Å². The highest BCUT2D eigenvalue weighted by Crippen LogP contribution is 2.51. The van der Waals surface area contributed by atoms with E-state index in [1.165, 1.54) is 0 Å². The molecule has 0 saturated carbocycles. The van der Waals surface area contributed by atoms with Gasteiger partial charge in [0.2, 0.25) is 0 Å². The van der Waals surface area contributed by atoms with Crippen LogP contribution in [0.15, 0.2) is 80.0 Å². The first-order valence-electron chi connectivity index (χ1n) is 11.7. The molecule has 0 aromatic heterocycles. The van der Waals surface area contributed by atoms with Crippen LogP contribution in [0.3, 0.4) is 0 Å². The number of hydrogen-bond acceptors (Lipinski definition) is 8. The number of nitrogens with one attached hydrogen (secondary N) is 1. The standard InChI is InChI=1S/C29H15ClN2O4S2/c1-10-20-21(15-17(28(10)37)26(35)13-8-4-2-6-11(13)24(15)33)32-23-19(30)29(38)18-16(22(23)31-20)25(34)12-7-3-5-9-14(12)27(18)36/h2-9,20,31,37-38H,1H3. The number of anilines is 1. The third kappa shape index (κ3) is 2.80. The summed E-state index contributed by atoms with van der Waals surface area (Å²) in [7, 11) is 0. The highest BCUT2D eigenvalue weighted by atomic mass is 35.5. The number of carbonyl (C=O) groups excluding carboxylic acids is 4. The summed E-state index contributed by atoms with van der Waals surface area (Å²) in [5, 5.41) is 3.39. The van der Waals surface area contributed by atoms with Gasteiger partial charge in [-0.2, -0.15) is 0 Å². The van der Waals surface area contributed by atoms with E-state index in [0.717, 1.165) is 0 Å². The zero-order chi connectivity index (χ0) is 26.6. The zero-order valence-electron chi connectivity index (χ0n) is 19.5. The average Bonchev–Trinajstić information content (AvgIpc) is 2.93. The first-order valence-corrected chi connectivity index (χ1v) is 12.9. The first-order chi connectivity index (χ1) is 18.2. The molecule has 3 aliphatic carbocycles. The maximum absolute atomic E-state index is 13.7. The van der Waals surface area contributed by atoms with Gasteiger partial charge in [-0.05, 0) is 12.5 Å². The molecule has 0 radical (unpaired) electrons. The highest BCUT2D eigenvalue weighted by Gasteiger charge is 2.45. The number of ketones is 4. The van der Waals surface area contributed by atoms with E-state index in [2.05, 4.69) is 30.6 Å². The van der Waals surface area contributed by atoms with E-state index in [9.17, 15) is 19.2 Å². The molecule has 6 nitrogen and oxygen atoms in total. The molecule has 0 spiro atoms. The predicted molar refractivity (Wildman–Crippen MR) is 150 cm³/mol. The van der Waals surface area contributed by atoms with Crippen molar-refractivity contribution in [1.29, 1.82) is 0 Å². The van der Waals surface area contributed by atoms with Gasteiger partial charge in [-0.3, -0.25) is 19.2 Å². The fourth-order valence-electron chi connectivity index (χ4n) is 5.63. The average molecular weight is 555 g/mol. The Labute approximate surface area is 232 Å². The summed E-state index contributed by atoms with van der Waals surface area (Å²) < 4.78 is 0. The van der Waals surface area contributed by atoms with Gasteiger partial charge in [0.15, 0.2) is 23.1 Å². The molecule has 1 unspecified atom stereocenters. The van der Waals surface area contributed by atoms with Crippen molar-refractivity contribution >= 4 is 77.1 Å². The third-order valence-corrected chi connectivity index (χ3v) is 9.00. The molecule has 1 atom stereocenters. The van der Waals surface area contributed by atoms with Crippen LogP contribution in [0.5, 0.6) is 0 Å². The minimum atomic E-state index is -0.679. The molecular formula is C29H15ClN2O4S2. The largest absolute Gasteiger partial charge is 0.371 e. The molecule has 1 aliphatic heterocycles. The molecule has 1 heterocycles. The van der Waals surface area contributed by atoms with Gasteiger partial charge in [0.1, 0.15) is 5.69 Å². The third-order valence-electron chi connectivity index (χ3n) is 7.47. The van der Waals surface area contributed by atoms with Crippen LogP contribution in [0, 0.1) is 0 Å². The summed E-state index contributed by atoms with van der Waals surface area (Å²) >= 11 is 15.9. The maximum atomic E-state index is 13.7. The second kappa shape index (κ2) is 7.89. The molecule has 0 saturated heterocycles. The number of halogens is 1. The molecule has 0 bridgehead atoms. The highest BCUT2D eigenvalue weighted by molar-refractivity contribution is 7.85. The molecule has 3 aromatic carbocycles. The van der Waals surface area contributed by atoms with Gasteiger partial charge in [0, 0.05) is 37.6 Å². The number of rotatable bonds is 0. The normalized spacial score (nSPS) is 19.2. The Kier molecular flexibility index (Phi) is 4.86. The monoisotopic (exact) mass is 554 g/mol. The Bertz CT molecular complexity index is 1870. The minimum absolute atomic E-state index is 0.0662. The summed E-state index contributed by atoms with van der Waals surface area (Å²) in [5.41, 5.74) is 3.14. The van der Waals surface area contributed by atoms with E-state index in [-0.39, 0.29) is 83.4 Å². The Morgan fingerprint density at radius 2 is 1.26 bits per heavy atom. The Morgan fingerprint density at radius 3 is 1.84 bits per heavy atom. The van der Waals surface area contributed by atoms with Crippen LogP contribution in [0.4, 0.5) is 11.4 Å². The zero-order valence-corrected chi connectivity index (χ0v) is 22.1. The lowest BCUT2D eigenvalue weighted by Gasteiger charge is -2.37. The van der Waals surface area contributed by atoms with Crippen LogP contribution in [0.2, 0.25) is 5.02 Å². The van der Waals surface area contributed by atoms with Crippen LogP contribution < -0.4 is 5.32 Å². The van der Waals surface area contributed by atoms with E-state index >= 15 is 0 Å². The molecule has 9 heteroatoms. The van der Waals surface area contributed by atoms with Gasteiger partial charge in [0.25, 0.3) is 0 Å². The van der Waals surface area contributed by atoms with Crippen molar-refractivity contribution in [3.05, 3.63) is 109 Å². The van der Waals surface area contributed by atoms with Crippen molar-refractivity contribution in [1.82, 2.24) is 0 Å². The fraction of sp³-hybridized carbons (Fsp3) is 0.0690. The van der Waals surface area contributed by atoms with Crippen LogP contribution >= 0.6 is 36.9 Å². The second-order valence-corrected chi connectivity index (χ2v) is 10.7. The van der Waals surface area contributed by atoms with Gasteiger partial charge >= 0.3 is 0 Å². The number of nitrogens with zero attached hydrogens (tertiary/aromatic N) is 1. The Morgan fingerprint density at radius 1 is 0.763 bits per heavy atom. The molecule has 0 fully saturated rings. The van der Waals surface area contributed by atoms with Gasteiger partial charge in [-0.1, -0.05) is 60.1 Å². The van der Waals surface area contributed by atoms with Crippen molar-refractivity contribution in [2.45, 2.75) is 17.9 Å². The SMILES string of the molecule is CC1=C(S)C2=C(C(=O)c3ccccc3C2=O)C2=Nc3c(Cl)c(S)c4c(c3NC21)C(=O)c1ccccc1C4=O. The molecular weight excluding hydrogens is 540 g/mol. The van der Waals surface area contributed by atoms with Crippen LogP contribution in [-0.2, 0) is 0 Å². The van der Waals surface area contributed by atoms with Crippen LogP contribution in [0.1, 0.15) is 59.5 Å². The summed E-state index contributed by atoms with van der Waals surface area (Å²) in [4.78, 5) is 59.6. The molecule has 7 rings (SSSR count). The number of Topliss-reactive ketones (excluding diaryl/α,β-unsaturated/α-hetero) is 2. The summed E-state index contributed by atoms with van der Waals surface area (Å²) in [6.07, 6.45) is 0. The molecule has 1 N–H and O–H groups in total. The number of aliphatic imine (C=N–C) groups is 1. The number of allylic oxidation sites excluding steroid dienone is 1. The Balaban J connectivity index is 1.52. The lowest BCUT2D eigenvalue weighted by Crippen LogP contribution is -2.43. The van der Waals surface area contributed by atoms with Crippen molar-refractivity contribution < 1.29 is 19.2 Å². The lowest BCUT2D eigenvalue weighted by atomic mass is 9.74. The first kappa shape index (κ1) is 23.4. The molecule has 3 aromatic rings. The quantitative estimate of drug-likeness (QED) is 0.237. The van der Waals surface area contributed by atoms with E-state index in [1.54, 1.807) is 55.5 Å². The topological polar surface area (TPSA) is 92.7 Å². The minimum Gasteiger partial charge on any atom is -0.371 e. The van der Waals surface area contributed by atoms with Gasteiger partial charge in [-0.15, -0.1) is 25.3 Å². The maximum Gasteiger partial charge on any atom is 0.196 e. The Hall–Kier alpha value is -3.72. The molecule has 184 valence electrons. The summed E-state index contributed by atoms with van der Waals surface area (Å²) in [6, 6.07) is 12.6. The molecule has 4 aliphatic rings. The smallest absolute Gasteiger partial charge is 0.196 e. The number of thiol groups is 2. The number of fused-ring (bicyclic) bond motifs is 7. The fourth-order valence-corrected chi connectivity index (χ4v) is 6.52. The second-order valence-electron chi connectivity index (χ2n) is 9.40. The van der Waals surface area contributed by atoms with E-state index < -0.39 is 6.04 Å². The van der Waals surface area contributed by atoms with Crippen LogP contribution in [-0.4, -0.2) is 34.9 Å². The predicted octanol–water partition coefficient (Wildman–Crippen LogP) is 5.86. The van der Waals surface area contributed by atoms with Gasteiger partial charge in [0.05, 0.1) is 39.2 Å². The summed E-state index contributed by atoms with van der Waals surface area (Å²) in [5.74, 6) is -1.37. The van der Waals surface area contributed by atoms with Gasteiger partial charge in [-0.25, -0.2) is 4.99 Å². The van der Waals surface area contributed by atoms with E-state index in [4.69, 9.17) is 16.6 Å². The summed E-state index contributed by atoms with van der Waals surface area (Å²) in [6.45, 7) is 1.78. The van der Waals surface area contributed by atoms with Crippen LogP contribution in [0.25, 0.3) is 0 Å². The number of hydrogen-bond donors (Lipinski definition) is 3. The molecule has 38 heavy (non-hydrogen) atoms. The van der Waals surface area contributed by atoms with E-state index in [0.29, 0.717) is 21.8 Å².